The Morgan fingerprint density at radius 3 is 1.19 bits per heavy atom. The minimum atomic E-state index is 0.0260. The first-order valence-electron chi connectivity index (χ1n) is 15.4. The number of anilines is 2. The topological polar surface area (TPSA) is 85.9 Å². The number of carbonyl (C=O) groups is 2. The van der Waals surface area contributed by atoms with Crippen LogP contribution in [-0.2, 0) is 23.8 Å². The normalized spacial score (nSPS) is 11.9. The second-order valence-corrected chi connectivity index (χ2v) is 12.8. The summed E-state index contributed by atoms with van der Waals surface area (Å²) in [6, 6.07) is 12.1. The van der Waals surface area contributed by atoms with Crippen LogP contribution in [0, 0.1) is 27.7 Å². The van der Waals surface area contributed by atoms with Gasteiger partial charge in [-0.1, -0.05) is 36.4 Å². The van der Waals surface area contributed by atoms with Gasteiger partial charge in [-0.25, -0.2) is 0 Å². The molecule has 0 spiro atoms. The number of amides is 2. The minimum Gasteiger partial charge on any atom is -0.379 e. The molecule has 0 fully saturated rings. The van der Waals surface area contributed by atoms with E-state index in [-0.39, 0.29) is 11.8 Å². The molecule has 0 aliphatic rings. The Balaban J connectivity index is 1.46. The van der Waals surface area contributed by atoms with Crippen molar-refractivity contribution in [1.82, 2.24) is 0 Å². The summed E-state index contributed by atoms with van der Waals surface area (Å²) < 4.78 is 18.3. The molecule has 0 saturated carbocycles. The maximum absolute atomic E-state index is 12.6. The molecule has 2 aromatic carbocycles. The molecule has 0 bridgehead atoms. The number of benzene rings is 2. The zero-order chi connectivity index (χ0) is 31.9. The van der Waals surface area contributed by atoms with Gasteiger partial charge in [0, 0.05) is 24.2 Å². The molecule has 2 N–H and O–H groups in total. The number of para-hydroxylation sites is 2. The molecule has 0 aromatic heterocycles. The summed E-state index contributed by atoms with van der Waals surface area (Å²) in [5.41, 5.74) is 6.13. The SMILES string of the molecule is Cc1cccc(C)c1NC(=O)C[N+](C)(C)CCCOCCOCCOCCC[N+](C)(C)CC(=O)Nc1c(C)cccc1C. The molecule has 0 aliphatic carbocycles. The Kier molecular flexibility index (Phi) is 15.3. The molecule has 43 heavy (non-hydrogen) atoms. The number of aryl methyl sites for hydroxylation is 4. The lowest BCUT2D eigenvalue weighted by molar-refractivity contribution is -0.882. The lowest BCUT2D eigenvalue weighted by Crippen LogP contribution is -2.46. The number of hydrogen-bond acceptors (Lipinski definition) is 5. The number of likely N-dealkylation sites (N-methyl/N-ethyl adjacent to an activating group) is 2. The van der Waals surface area contributed by atoms with E-state index in [1.54, 1.807) is 0 Å². The lowest BCUT2D eigenvalue weighted by Gasteiger charge is -2.29. The Morgan fingerprint density at radius 2 is 0.860 bits per heavy atom. The molecule has 2 aromatic rings. The third kappa shape index (κ3) is 14.5. The van der Waals surface area contributed by atoms with Gasteiger partial charge in [0.05, 0.1) is 80.9 Å². The number of hydrogen-bond donors (Lipinski definition) is 2. The number of rotatable bonds is 20. The largest absolute Gasteiger partial charge is 0.379 e. The Bertz CT molecular complexity index is 1040. The van der Waals surface area contributed by atoms with E-state index >= 15 is 0 Å². The maximum Gasteiger partial charge on any atom is 0.279 e. The van der Waals surface area contributed by atoms with Crippen LogP contribution in [0.4, 0.5) is 11.4 Å². The van der Waals surface area contributed by atoms with Gasteiger partial charge in [0.15, 0.2) is 13.1 Å². The molecule has 9 nitrogen and oxygen atoms in total. The predicted molar refractivity (Wildman–Crippen MR) is 174 cm³/mol. The van der Waals surface area contributed by atoms with Gasteiger partial charge in [0.2, 0.25) is 0 Å². The van der Waals surface area contributed by atoms with Crippen LogP contribution in [0.2, 0.25) is 0 Å². The quantitative estimate of drug-likeness (QED) is 0.173. The fourth-order valence-electron chi connectivity index (χ4n) is 5.05. The first kappa shape index (κ1) is 36.4. The third-order valence-corrected chi connectivity index (χ3v) is 7.48. The smallest absolute Gasteiger partial charge is 0.279 e. The molecule has 0 saturated heterocycles. The molecule has 0 atom stereocenters. The highest BCUT2D eigenvalue weighted by molar-refractivity contribution is 5.93. The van der Waals surface area contributed by atoms with Crippen molar-refractivity contribution < 1.29 is 32.8 Å². The molecule has 240 valence electrons. The van der Waals surface area contributed by atoms with E-state index in [1.165, 1.54) is 0 Å². The van der Waals surface area contributed by atoms with Gasteiger partial charge in [0.1, 0.15) is 0 Å². The molecule has 0 unspecified atom stereocenters. The van der Waals surface area contributed by atoms with Gasteiger partial charge >= 0.3 is 0 Å². The molecule has 0 aliphatic heterocycles. The number of ether oxygens (including phenoxy) is 3. The van der Waals surface area contributed by atoms with Gasteiger partial charge in [-0.05, 0) is 49.9 Å². The molecule has 2 rings (SSSR count). The van der Waals surface area contributed by atoms with Crippen molar-refractivity contribution in [3.8, 4) is 0 Å². The number of quaternary nitrogens is 2. The van der Waals surface area contributed by atoms with E-state index in [0.717, 1.165) is 59.6 Å². The summed E-state index contributed by atoms with van der Waals surface area (Å²) in [6.45, 7) is 14.0. The van der Waals surface area contributed by atoms with Crippen LogP contribution in [0.25, 0.3) is 0 Å². The molecule has 0 heterocycles. The van der Waals surface area contributed by atoms with Crippen LogP contribution in [0.3, 0.4) is 0 Å². The molecule has 2 amide bonds. The van der Waals surface area contributed by atoms with E-state index in [4.69, 9.17) is 14.2 Å². The molecule has 9 heteroatoms. The third-order valence-electron chi connectivity index (χ3n) is 7.48. The Hall–Kier alpha value is -2.82. The van der Waals surface area contributed by atoms with Crippen LogP contribution >= 0.6 is 0 Å². The summed E-state index contributed by atoms with van der Waals surface area (Å²) in [5.74, 6) is 0.0520. The second-order valence-electron chi connectivity index (χ2n) is 12.8. The van der Waals surface area contributed by atoms with Crippen molar-refractivity contribution in [3.63, 3.8) is 0 Å². The summed E-state index contributed by atoms with van der Waals surface area (Å²) in [7, 11) is 8.27. The van der Waals surface area contributed by atoms with Crippen LogP contribution in [0.1, 0.15) is 35.1 Å². The van der Waals surface area contributed by atoms with Crippen LogP contribution in [-0.4, -0.2) is 115 Å². The van der Waals surface area contributed by atoms with E-state index < -0.39 is 0 Å². The first-order chi connectivity index (χ1) is 20.3. The average molecular weight is 601 g/mol. The monoisotopic (exact) mass is 600 g/mol. The Labute approximate surface area is 259 Å². The highest BCUT2D eigenvalue weighted by Crippen LogP contribution is 2.20. The van der Waals surface area contributed by atoms with Gasteiger partial charge in [-0.3, -0.25) is 9.59 Å². The van der Waals surface area contributed by atoms with Crippen molar-refractivity contribution in [2.75, 3.05) is 105 Å². The Morgan fingerprint density at radius 1 is 0.558 bits per heavy atom. The van der Waals surface area contributed by atoms with Gasteiger partial charge in [0.25, 0.3) is 11.8 Å². The lowest BCUT2D eigenvalue weighted by atomic mass is 10.1. The molecular formula is C34H56N4O5+2. The van der Waals surface area contributed by atoms with Crippen LogP contribution in [0.15, 0.2) is 36.4 Å². The fourth-order valence-corrected chi connectivity index (χ4v) is 5.05. The fraction of sp³-hybridized carbons (Fsp3) is 0.588. The summed E-state index contributed by atoms with van der Waals surface area (Å²) in [5, 5.41) is 6.15. The summed E-state index contributed by atoms with van der Waals surface area (Å²) in [4.78, 5) is 25.2. The van der Waals surface area contributed by atoms with E-state index in [2.05, 4.69) is 38.8 Å². The highest BCUT2D eigenvalue weighted by atomic mass is 16.5. The summed E-state index contributed by atoms with van der Waals surface area (Å²) >= 11 is 0. The predicted octanol–water partition coefficient (Wildman–Crippen LogP) is 4.48. The van der Waals surface area contributed by atoms with E-state index in [9.17, 15) is 9.59 Å². The maximum atomic E-state index is 12.6. The minimum absolute atomic E-state index is 0.0260. The van der Waals surface area contributed by atoms with Gasteiger partial charge in [-0.2, -0.15) is 0 Å². The number of carbonyl (C=O) groups excluding carboxylic acids is 2. The first-order valence-corrected chi connectivity index (χ1v) is 15.4. The number of nitrogens with one attached hydrogen (secondary N) is 2. The van der Waals surface area contributed by atoms with Gasteiger partial charge in [-0.15, -0.1) is 0 Å². The van der Waals surface area contributed by atoms with Crippen molar-refractivity contribution in [3.05, 3.63) is 58.7 Å². The molecule has 0 radical (unpaired) electrons. The van der Waals surface area contributed by atoms with Crippen LogP contribution < -0.4 is 10.6 Å². The zero-order valence-electron chi connectivity index (χ0n) is 27.9. The zero-order valence-corrected chi connectivity index (χ0v) is 27.9. The van der Waals surface area contributed by atoms with E-state index in [1.807, 2.05) is 64.1 Å². The van der Waals surface area contributed by atoms with Crippen molar-refractivity contribution in [2.45, 2.75) is 40.5 Å². The number of nitrogens with zero attached hydrogens (tertiary/aromatic N) is 2. The second kappa shape index (κ2) is 18.1. The summed E-state index contributed by atoms with van der Waals surface area (Å²) in [6.07, 6.45) is 1.74. The van der Waals surface area contributed by atoms with Crippen molar-refractivity contribution >= 4 is 23.2 Å². The highest BCUT2D eigenvalue weighted by Gasteiger charge is 2.22. The van der Waals surface area contributed by atoms with Crippen LogP contribution in [0.5, 0.6) is 0 Å². The van der Waals surface area contributed by atoms with E-state index in [0.29, 0.717) is 61.7 Å². The van der Waals surface area contributed by atoms with Crippen molar-refractivity contribution in [1.29, 1.82) is 0 Å². The van der Waals surface area contributed by atoms with Crippen molar-refractivity contribution in [2.24, 2.45) is 0 Å². The van der Waals surface area contributed by atoms with Gasteiger partial charge < -0.3 is 33.8 Å². The average Bonchev–Trinajstić information content (AvgIpc) is 2.90. The standard InChI is InChI=1S/C34H54N4O5/c1-27-13-9-14-28(2)33(27)35-31(39)25-37(5,6)17-11-19-41-21-23-43-24-22-42-20-12-18-38(7,8)26-32(40)36-34-29(3)15-10-16-30(34)4/h9-10,13-16H,11-12,17-26H2,1-8H3/p+2. The molecular weight excluding hydrogens is 544 g/mol.